The third kappa shape index (κ3) is 4.43. The summed E-state index contributed by atoms with van der Waals surface area (Å²) in [5.74, 6) is -0.723. The number of nitrogens with one attached hydrogen (secondary N) is 1. The maximum atomic E-state index is 13.1. The summed E-state index contributed by atoms with van der Waals surface area (Å²) in [6.07, 6.45) is 1.50. The Morgan fingerprint density at radius 3 is 2.42 bits per heavy atom. The molecule has 0 fully saturated rings. The summed E-state index contributed by atoms with van der Waals surface area (Å²) >= 11 is 4.69. The van der Waals surface area contributed by atoms with Gasteiger partial charge in [0.2, 0.25) is 5.88 Å². The molecular weight excluding hydrogens is 350 g/mol. The van der Waals surface area contributed by atoms with E-state index >= 15 is 0 Å². The van der Waals surface area contributed by atoms with Crippen molar-refractivity contribution in [3.05, 3.63) is 59.3 Å². The van der Waals surface area contributed by atoms with Crippen molar-refractivity contribution in [1.82, 2.24) is 15.4 Å². The lowest BCUT2D eigenvalue weighted by atomic mass is 10.1. The van der Waals surface area contributed by atoms with Gasteiger partial charge in [0.25, 0.3) is 11.8 Å². The minimum atomic E-state index is -0.680. The first kappa shape index (κ1) is 19.5. The van der Waals surface area contributed by atoms with E-state index in [1.165, 1.54) is 11.2 Å². The highest BCUT2D eigenvalue weighted by Crippen LogP contribution is 2.21. The zero-order chi connectivity index (χ0) is 19.3. The van der Waals surface area contributed by atoms with Gasteiger partial charge in [0.15, 0.2) is 5.55 Å². The van der Waals surface area contributed by atoms with Crippen LogP contribution in [0.25, 0.3) is 0 Å². The molecule has 2 aromatic rings. The van der Waals surface area contributed by atoms with Gasteiger partial charge in [-0.25, -0.2) is 9.99 Å². The normalized spacial score (nSPS) is 10.8. The largest absolute Gasteiger partial charge is 0.434 e. The van der Waals surface area contributed by atoms with Crippen molar-refractivity contribution in [1.29, 1.82) is 0 Å². The van der Waals surface area contributed by atoms with Crippen molar-refractivity contribution in [3.8, 4) is 5.88 Å². The summed E-state index contributed by atoms with van der Waals surface area (Å²) < 4.78 is 5.15. The van der Waals surface area contributed by atoms with E-state index in [0.29, 0.717) is 5.56 Å². The number of hydrogen-bond donors (Lipinski definition) is 1. The maximum absolute atomic E-state index is 13.1. The average Bonchev–Trinajstić information content (AvgIpc) is 2.59. The van der Waals surface area contributed by atoms with Gasteiger partial charge in [-0.15, -0.1) is 0 Å². The van der Waals surface area contributed by atoms with E-state index in [4.69, 9.17) is 4.74 Å². The molecule has 2 amide bonds. The molecule has 0 saturated heterocycles. The van der Waals surface area contributed by atoms with Gasteiger partial charge in [-0.2, -0.15) is 0 Å². The number of carbonyl (C=O) groups excluding carboxylic acids is 2. The first-order chi connectivity index (χ1) is 12.3. The monoisotopic (exact) mass is 371 g/mol. The summed E-state index contributed by atoms with van der Waals surface area (Å²) in [4.78, 5) is 29.8. The molecule has 1 heterocycles. The van der Waals surface area contributed by atoms with Gasteiger partial charge >= 0.3 is 0 Å². The van der Waals surface area contributed by atoms with Crippen molar-refractivity contribution in [2.24, 2.45) is 0 Å². The van der Waals surface area contributed by atoms with Crippen LogP contribution in [0.2, 0.25) is 0 Å². The molecule has 0 saturated carbocycles. The van der Waals surface area contributed by atoms with E-state index in [1.54, 1.807) is 24.3 Å². The van der Waals surface area contributed by atoms with Gasteiger partial charge in [0.1, 0.15) is 5.56 Å². The van der Waals surface area contributed by atoms with E-state index in [-0.39, 0.29) is 17.4 Å². The van der Waals surface area contributed by atoms with Gasteiger partial charge in [-0.05, 0) is 63.7 Å². The molecule has 1 aromatic heterocycles. The van der Waals surface area contributed by atoms with Crippen molar-refractivity contribution < 1.29 is 14.3 Å². The first-order valence-corrected chi connectivity index (χ1v) is 8.49. The summed E-state index contributed by atoms with van der Waals surface area (Å²) in [5.41, 5.74) is 4.58. The predicted octanol–water partition coefficient (Wildman–Crippen LogP) is 3.31. The van der Waals surface area contributed by atoms with Gasteiger partial charge < -0.3 is 4.74 Å². The van der Waals surface area contributed by atoms with Crippen LogP contribution in [-0.2, 0) is 0 Å². The number of benzene rings is 1. The van der Waals surface area contributed by atoms with Crippen LogP contribution >= 0.6 is 12.2 Å². The van der Waals surface area contributed by atoms with Crippen LogP contribution in [0.4, 0.5) is 0 Å². The highest BCUT2D eigenvalue weighted by atomic mass is 32.1. The van der Waals surface area contributed by atoms with Crippen molar-refractivity contribution in [3.63, 3.8) is 0 Å². The number of pyridine rings is 1. The summed E-state index contributed by atoms with van der Waals surface area (Å²) in [7, 11) is 0. The smallest absolute Gasteiger partial charge is 0.278 e. The number of ether oxygens (including phenoxy) is 1. The Hall–Kier alpha value is -2.80. The molecule has 0 unspecified atom stereocenters. The van der Waals surface area contributed by atoms with Gasteiger partial charge in [0, 0.05) is 11.8 Å². The molecule has 0 aliphatic rings. The van der Waals surface area contributed by atoms with E-state index < -0.39 is 11.4 Å². The van der Waals surface area contributed by atoms with Crippen molar-refractivity contribution in [2.75, 3.05) is 0 Å². The minimum absolute atomic E-state index is 0.0897. The SMILES string of the molecule is Cc1ccccc1C(=O)NN(C(=O)c1cccnc1OC=S)C(C)(C)C. The lowest BCUT2D eigenvalue weighted by Crippen LogP contribution is -2.56. The second-order valence-corrected chi connectivity index (χ2v) is 6.83. The highest BCUT2D eigenvalue weighted by Gasteiger charge is 2.31. The number of hydrazine groups is 1. The van der Waals surface area contributed by atoms with Crippen LogP contribution in [0.3, 0.4) is 0 Å². The summed E-state index contributed by atoms with van der Waals surface area (Å²) in [6, 6.07) is 10.4. The van der Waals surface area contributed by atoms with Gasteiger partial charge in [-0.3, -0.25) is 15.0 Å². The Kier molecular flexibility index (Phi) is 6.05. The number of amides is 2. The Balaban J connectivity index is 2.37. The van der Waals surface area contributed by atoms with Crippen LogP contribution in [-0.4, -0.2) is 32.9 Å². The van der Waals surface area contributed by atoms with Gasteiger partial charge in [0.05, 0.1) is 5.54 Å². The quantitative estimate of drug-likeness (QED) is 0.659. The number of aryl methyl sites for hydroxylation is 1. The maximum Gasteiger partial charge on any atom is 0.278 e. The van der Waals surface area contributed by atoms with Crippen LogP contribution in [0.15, 0.2) is 42.6 Å². The molecule has 0 radical (unpaired) electrons. The summed E-state index contributed by atoms with van der Waals surface area (Å²) in [5, 5.41) is 1.27. The molecule has 1 N–H and O–H groups in total. The Bertz CT molecular complexity index is 831. The lowest BCUT2D eigenvalue weighted by Gasteiger charge is -2.35. The molecule has 0 atom stereocenters. The second kappa shape index (κ2) is 8.05. The zero-order valence-electron chi connectivity index (χ0n) is 15.1. The van der Waals surface area contributed by atoms with Gasteiger partial charge in [-0.1, -0.05) is 18.2 Å². The minimum Gasteiger partial charge on any atom is -0.434 e. The molecule has 26 heavy (non-hydrogen) atoms. The standard InChI is InChI=1S/C19H21N3O3S/c1-13-8-5-6-9-14(13)16(23)21-22(19(2,3)4)18(24)15-10-7-11-20-17(15)25-12-26/h5-12H,1-4H3,(H,21,23). The Morgan fingerprint density at radius 2 is 1.81 bits per heavy atom. The fourth-order valence-corrected chi connectivity index (χ4v) is 2.42. The van der Waals surface area contributed by atoms with E-state index in [2.05, 4.69) is 22.6 Å². The molecule has 1 aromatic carbocycles. The van der Waals surface area contributed by atoms with E-state index in [9.17, 15) is 9.59 Å². The third-order valence-electron chi connectivity index (χ3n) is 3.64. The third-order valence-corrected chi connectivity index (χ3v) is 3.73. The van der Waals surface area contributed by atoms with Crippen molar-refractivity contribution in [2.45, 2.75) is 33.2 Å². The number of nitrogens with zero attached hydrogens (tertiary/aromatic N) is 2. The van der Waals surface area contributed by atoms with Crippen LogP contribution in [0, 0.1) is 6.92 Å². The second-order valence-electron chi connectivity index (χ2n) is 6.64. The topological polar surface area (TPSA) is 71.5 Å². The average molecular weight is 371 g/mol. The highest BCUT2D eigenvalue weighted by molar-refractivity contribution is 7.78. The van der Waals surface area contributed by atoms with E-state index in [0.717, 1.165) is 11.1 Å². The molecule has 6 nitrogen and oxygen atoms in total. The predicted molar refractivity (Wildman–Crippen MR) is 103 cm³/mol. The Morgan fingerprint density at radius 1 is 1.15 bits per heavy atom. The fourth-order valence-electron chi connectivity index (χ4n) is 2.33. The number of thiocarbonyl (C=S) groups is 1. The molecule has 0 bridgehead atoms. The molecule has 0 aliphatic heterocycles. The van der Waals surface area contributed by atoms with Crippen molar-refractivity contribution >= 4 is 29.6 Å². The van der Waals surface area contributed by atoms with Crippen LogP contribution in [0.5, 0.6) is 5.88 Å². The molecule has 136 valence electrons. The molecule has 0 spiro atoms. The number of rotatable bonds is 4. The van der Waals surface area contributed by atoms with Crippen LogP contribution < -0.4 is 10.2 Å². The fraction of sp³-hybridized carbons (Fsp3) is 0.263. The number of hydrogen-bond acceptors (Lipinski definition) is 5. The molecule has 2 rings (SSSR count). The zero-order valence-corrected chi connectivity index (χ0v) is 16.0. The number of carbonyl (C=O) groups is 2. The Labute approximate surface area is 158 Å². The first-order valence-electron chi connectivity index (χ1n) is 8.02. The summed E-state index contributed by atoms with van der Waals surface area (Å²) in [6.45, 7) is 7.29. The number of aromatic nitrogens is 1. The van der Waals surface area contributed by atoms with Crippen LogP contribution in [0.1, 0.15) is 47.1 Å². The molecule has 7 heteroatoms. The molecule has 0 aliphatic carbocycles. The molecular formula is C19H21N3O3S. The van der Waals surface area contributed by atoms with E-state index in [1.807, 2.05) is 39.8 Å². The lowest BCUT2D eigenvalue weighted by molar-refractivity contribution is 0.0356.